The molecular weight excluding hydrogens is 145 g/mol. The van der Waals surface area contributed by atoms with Gasteiger partial charge in [-0.3, -0.25) is 4.67 Å². The lowest BCUT2D eigenvalue weighted by atomic mass is 10.9. The standard InChI is InChI=1S/C7H14NOP/c1-5-7-10(8(3)4)9-6-2/h7H,1,6H2,2-4H3. The van der Waals surface area contributed by atoms with Crippen LogP contribution in [0.3, 0.4) is 0 Å². The molecule has 0 aliphatic heterocycles. The van der Waals surface area contributed by atoms with Gasteiger partial charge in [0, 0.05) is 5.82 Å². The second-order valence-electron chi connectivity index (χ2n) is 1.90. The van der Waals surface area contributed by atoms with E-state index in [4.69, 9.17) is 4.52 Å². The molecule has 0 aliphatic carbocycles. The first kappa shape index (κ1) is 9.87. The van der Waals surface area contributed by atoms with Crippen LogP contribution in [0, 0.1) is 0 Å². The first-order chi connectivity index (χ1) is 4.72. The quantitative estimate of drug-likeness (QED) is 0.460. The lowest BCUT2D eigenvalue weighted by Gasteiger charge is -2.18. The summed E-state index contributed by atoms with van der Waals surface area (Å²) in [7, 11) is 3.38. The minimum absolute atomic E-state index is 0.585. The largest absolute Gasteiger partial charge is 0.340 e. The van der Waals surface area contributed by atoms with Gasteiger partial charge in [0.1, 0.15) is 8.30 Å². The second kappa shape index (κ2) is 5.64. The molecule has 10 heavy (non-hydrogen) atoms. The molecule has 0 saturated heterocycles. The van der Waals surface area contributed by atoms with E-state index >= 15 is 0 Å². The van der Waals surface area contributed by atoms with Crippen molar-refractivity contribution in [3.05, 3.63) is 18.1 Å². The number of nitrogens with zero attached hydrogens (tertiary/aromatic N) is 1. The van der Waals surface area contributed by atoms with Crippen LogP contribution in [0.5, 0.6) is 0 Å². The van der Waals surface area contributed by atoms with E-state index in [1.807, 2.05) is 31.5 Å². The third-order valence-corrected chi connectivity index (χ3v) is 2.57. The highest BCUT2D eigenvalue weighted by Gasteiger charge is 2.05. The van der Waals surface area contributed by atoms with Crippen LogP contribution in [-0.4, -0.2) is 25.4 Å². The van der Waals surface area contributed by atoms with E-state index in [9.17, 15) is 0 Å². The van der Waals surface area contributed by atoms with Gasteiger partial charge in [0.25, 0.3) is 0 Å². The Morgan fingerprint density at radius 2 is 2.30 bits per heavy atom. The molecule has 0 saturated carbocycles. The Balaban J connectivity index is 3.84. The van der Waals surface area contributed by atoms with E-state index in [2.05, 4.69) is 12.3 Å². The highest BCUT2D eigenvalue weighted by molar-refractivity contribution is 7.53. The topological polar surface area (TPSA) is 12.5 Å². The van der Waals surface area contributed by atoms with Gasteiger partial charge in [-0.1, -0.05) is 6.58 Å². The zero-order chi connectivity index (χ0) is 7.98. The Morgan fingerprint density at radius 3 is 2.60 bits per heavy atom. The van der Waals surface area contributed by atoms with E-state index in [1.165, 1.54) is 0 Å². The fraction of sp³-hybridized carbons (Fsp3) is 0.571. The van der Waals surface area contributed by atoms with Gasteiger partial charge in [0.05, 0.1) is 6.61 Å². The molecule has 0 bridgehead atoms. The second-order valence-corrected chi connectivity index (χ2v) is 3.82. The number of rotatable bonds is 4. The molecule has 3 heteroatoms. The third kappa shape index (κ3) is 3.81. The van der Waals surface area contributed by atoms with Crippen LogP contribution in [0.1, 0.15) is 6.92 Å². The van der Waals surface area contributed by atoms with Crippen LogP contribution in [0.2, 0.25) is 0 Å². The van der Waals surface area contributed by atoms with E-state index in [0.717, 1.165) is 6.61 Å². The molecule has 0 amide bonds. The van der Waals surface area contributed by atoms with Gasteiger partial charge in [-0.15, -0.1) is 5.73 Å². The van der Waals surface area contributed by atoms with Crippen LogP contribution < -0.4 is 0 Å². The van der Waals surface area contributed by atoms with E-state index in [-0.39, 0.29) is 0 Å². The van der Waals surface area contributed by atoms with Crippen molar-refractivity contribution in [3.8, 4) is 0 Å². The van der Waals surface area contributed by atoms with Crippen molar-refractivity contribution < 1.29 is 4.52 Å². The molecule has 0 fully saturated rings. The average Bonchev–Trinajstić information content (AvgIpc) is 1.87. The summed E-state index contributed by atoms with van der Waals surface area (Å²) in [5.41, 5.74) is 2.72. The Labute approximate surface area is 64.1 Å². The van der Waals surface area contributed by atoms with Gasteiger partial charge in [0.2, 0.25) is 0 Å². The summed E-state index contributed by atoms with van der Waals surface area (Å²) in [6, 6.07) is 0. The minimum atomic E-state index is -0.585. The van der Waals surface area contributed by atoms with Gasteiger partial charge < -0.3 is 4.52 Å². The Kier molecular flexibility index (Phi) is 5.57. The maximum absolute atomic E-state index is 5.38. The molecule has 58 valence electrons. The molecule has 0 aromatic carbocycles. The normalized spacial score (nSPS) is 12.8. The Morgan fingerprint density at radius 1 is 1.70 bits per heavy atom. The van der Waals surface area contributed by atoms with E-state index in [1.54, 1.807) is 0 Å². The Bertz CT molecular complexity index is 130. The fourth-order valence-electron chi connectivity index (χ4n) is 0.479. The number of hydrogen-bond donors (Lipinski definition) is 0. The van der Waals surface area contributed by atoms with Crippen LogP contribution in [0.25, 0.3) is 0 Å². The summed E-state index contributed by atoms with van der Waals surface area (Å²) in [4.78, 5) is 0. The maximum atomic E-state index is 5.38. The van der Waals surface area contributed by atoms with Crippen LogP contribution >= 0.6 is 8.30 Å². The lowest BCUT2D eigenvalue weighted by Crippen LogP contribution is -2.04. The molecular formula is C7H14NOP. The van der Waals surface area contributed by atoms with Crippen molar-refractivity contribution in [2.24, 2.45) is 0 Å². The van der Waals surface area contributed by atoms with Crippen molar-refractivity contribution >= 4 is 8.30 Å². The smallest absolute Gasteiger partial charge is 0.137 e. The fourth-order valence-corrected chi connectivity index (χ4v) is 1.44. The van der Waals surface area contributed by atoms with Crippen molar-refractivity contribution in [2.75, 3.05) is 20.7 Å². The van der Waals surface area contributed by atoms with Crippen molar-refractivity contribution in [1.82, 2.24) is 4.67 Å². The predicted molar refractivity (Wildman–Crippen MR) is 45.9 cm³/mol. The molecule has 0 aromatic rings. The van der Waals surface area contributed by atoms with Crippen molar-refractivity contribution in [3.63, 3.8) is 0 Å². The molecule has 0 aromatic heterocycles. The predicted octanol–water partition coefficient (Wildman–Crippen LogP) is 2.19. The zero-order valence-corrected chi connectivity index (χ0v) is 7.69. The monoisotopic (exact) mass is 159 g/mol. The summed E-state index contributed by atoms with van der Waals surface area (Å²) in [6.45, 7) is 6.21. The first-order valence-corrected chi connectivity index (χ1v) is 4.45. The van der Waals surface area contributed by atoms with Crippen LogP contribution in [-0.2, 0) is 4.52 Å². The van der Waals surface area contributed by atoms with Crippen LogP contribution in [0.15, 0.2) is 18.1 Å². The Hall–Kier alpha value is -0.130. The third-order valence-electron chi connectivity index (χ3n) is 0.857. The zero-order valence-electron chi connectivity index (χ0n) is 6.79. The summed E-state index contributed by atoms with van der Waals surface area (Å²) in [5, 5.41) is 0. The highest BCUT2D eigenvalue weighted by atomic mass is 31.2. The summed E-state index contributed by atoms with van der Waals surface area (Å²) in [5.74, 6) is 1.86. The van der Waals surface area contributed by atoms with Crippen molar-refractivity contribution in [1.29, 1.82) is 0 Å². The highest BCUT2D eigenvalue weighted by Crippen LogP contribution is 2.39. The molecule has 0 heterocycles. The lowest BCUT2D eigenvalue weighted by molar-refractivity contribution is 0.355. The summed E-state index contributed by atoms with van der Waals surface area (Å²) >= 11 is 0. The van der Waals surface area contributed by atoms with Gasteiger partial charge >= 0.3 is 0 Å². The van der Waals surface area contributed by atoms with Crippen molar-refractivity contribution in [2.45, 2.75) is 6.92 Å². The summed E-state index contributed by atoms with van der Waals surface area (Å²) in [6.07, 6.45) is 0. The average molecular weight is 159 g/mol. The molecule has 0 N–H and O–H groups in total. The van der Waals surface area contributed by atoms with Gasteiger partial charge in [-0.2, -0.15) is 0 Å². The van der Waals surface area contributed by atoms with Gasteiger partial charge in [-0.25, -0.2) is 0 Å². The first-order valence-electron chi connectivity index (χ1n) is 3.17. The maximum Gasteiger partial charge on any atom is 0.137 e. The molecule has 0 aliphatic rings. The molecule has 1 atom stereocenters. The molecule has 0 radical (unpaired) electrons. The molecule has 0 spiro atoms. The van der Waals surface area contributed by atoms with E-state index in [0.29, 0.717) is 0 Å². The van der Waals surface area contributed by atoms with Gasteiger partial charge in [-0.05, 0) is 21.0 Å². The minimum Gasteiger partial charge on any atom is -0.340 e. The SMILES string of the molecule is C=C=CP(OCC)N(C)C. The van der Waals surface area contributed by atoms with Crippen LogP contribution in [0.4, 0.5) is 0 Å². The van der Waals surface area contributed by atoms with Gasteiger partial charge in [0.15, 0.2) is 0 Å². The molecule has 1 unspecified atom stereocenters. The van der Waals surface area contributed by atoms with E-state index < -0.39 is 8.30 Å². The number of hydrogen-bond acceptors (Lipinski definition) is 2. The molecule has 2 nitrogen and oxygen atoms in total. The summed E-state index contributed by atoms with van der Waals surface area (Å²) < 4.78 is 7.40. The molecule has 0 rings (SSSR count).